The number of amides is 1. The van der Waals surface area contributed by atoms with E-state index in [4.69, 9.17) is 9.47 Å². The highest BCUT2D eigenvalue weighted by Gasteiger charge is 2.33. The van der Waals surface area contributed by atoms with Crippen molar-refractivity contribution < 1.29 is 22.7 Å². The molecule has 1 saturated heterocycles. The topological polar surface area (TPSA) is 84.9 Å². The molecule has 1 heterocycles. The van der Waals surface area contributed by atoms with Crippen molar-refractivity contribution >= 4 is 21.6 Å². The molecule has 2 aromatic rings. The summed E-state index contributed by atoms with van der Waals surface area (Å²) < 4.78 is 38.6. The molecule has 1 atom stereocenters. The summed E-state index contributed by atoms with van der Waals surface area (Å²) in [6, 6.07) is 12.1. The second-order valence-electron chi connectivity index (χ2n) is 7.53. The first-order chi connectivity index (χ1) is 14.8. The molecule has 1 aliphatic heterocycles. The van der Waals surface area contributed by atoms with Gasteiger partial charge in [0, 0.05) is 19.2 Å². The lowest BCUT2D eigenvalue weighted by molar-refractivity contribution is -0.120. The van der Waals surface area contributed by atoms with Crippen LogP contribution in [0, 0.1) is 12.8 Å². The Bertz CT molecular complexity index is 1010. The number of carbonyl (C=O) groups is 1. The third kappa shape index (κ3) is 5.57. The fourth-order valence-corrected chi connectivity index (χ4v) is 5.14. The number of hydrogen-bond acceptors (Lipinski definition) is 5. The predicted molar refractivity (Wildman–Crippen MR) is 120 cm³/mol. The van der Waals surface area contributed by atoms with Gasteiger partial charge in [-0.2, -0.15) is 4.31 Å². The summed E-state index contributed by atoms with van der Waals surface area (Å²) in [6.07, 6.45) is 1.25. The van der Waals surface area contributed by atoms with Gasteiger partial charge in [-0.3, -0.25) is 4.79 Å². The molecule has 1 N–H and O–H groups in total. The number of carbonyl (C=O) groups excluding carboxylic acids is 1. The summed E-state index contributed by atoms with van der Waals surface area (Å²) in [4.78, 5) is 13.3. The summed E-state index contributed by atoms with van der Waals surface area (Å²) in [6.45, 7) is 7.20. The molecule has 1 aliphatic rings. The van der Waals surface area contributed by atoms with Crippen LogP contribution < -0.4 is 14.8 Å². The molecule has 8 heteroatoms. The van der Waals surface area contributed by atoms with E-state index in [9.17, 15) is 13.2 Å². The fourth-order valence-electron chi connectivity index (χ4n) is 3.61. The van der Waals surface area contributed by atoms with Crippen molar-refractivity contribution in [2.75, 3.05) is 31.6 Å². The van der Waals surface area contributed by atoms with Crippen LogP contribution in [0.3, 0.4) is 0 Å². The van der Waals surface area contributed by atoms with Crippen LogP contribution in [0.25, 0.3) is 0 Å². The average Bonchev–Trinajstić information content (AvgIpc) is 2.76. The lowest BCUT2D eigenvalue weighted by Crippen LogP contribution is -2.43. The molecular formula is C23H30N2O5S. The lowest BCUT2D eigenvalue weighted by atomic mass is 9.98. The first-order valence-electron chi connectivity index (χ1n) is 10.6. The van der Waals surface area contributed by atoms with Gasteiger partial charge in [-0.05, 0) is 57.9 Å². The smallest absolute Gasteiger partial charge is 0.243 e. The van der Waals surface area contributed by atoms with Crippen LogP contribution in [0.5, 0.6) is 11.5 Å². The van der Waals surface area contributed by atoms with Crippen LogP contribution in [0.1, 0.15) is 32.3 Å². The molecule has 0 spiro atoms. The van der Waals surface area contributed by atoms with Crippen molar-refractivity contribution in [1.29, 1.82) is 0 Å². The number of nitrogens with zero attached hydrogens (tertiary/aromatic N) is 1. The van der Waals surface area contributed by atoms with Gasteiger partial charge in [-0.1, -0.05) is 17.7 Å². The van der Waals surface area contributed by atoms with Gasteiger partial charge in [0.15, 0.2) is 0 Å². The van der Waals surface area contributed by atoms with Gasteiger partial charge in [0.05, 0.1) is 29.7 Å². The monoisotopic (exact) mass is 446 g/mol. The third-order valence-electron chi connectivity index (χ3n) is 5.23. The van der Waals surface area contributed by atoms with E-state index in [2.05, 4.69) is 5.32 Å². The summed E-state index contributed by atoms with van der Waals surface area (Å²) in [7, 11) is -3.64. The van der Waals surface area contributed by atoms with Gasteiger partial charge in [-0.15, -0.1) is 0 Å². The van der Waals surface area contributed by atoms with Gasteiger partial charge >= 0.3 is 0 Å². The molecule has 0 radical (unpaired) electrons. The van der Waals surface area contributed by atoms with Crippen molar-refractivity contribution in [3.63, 3.8) is 0 Å². The minimum atomic E-state index is -3.64. The minimum Gasteiger partial charge on any atom is -0.494 e. The highest BCUT2D eigenvalue weighted by molar-refractivity contribution is 7.89. The number of hydrogen-bond donors (Lipinski definition) is 1. The molecule has 7 nitrogen and oxygen atoms in total. The Kier molecular flexibility index (Phi) is 7.56. The Labute approximate surface area is 184 Å². The number of anilines is 1. The highest BCUT2D eigenvalue weighted by Crippen LogP contribution is 2.31. The van der Waals surface area contributed by atoms with Crippen LogP contribution >= 0.6 is 0 Å². The van der Waals surface area contributed by atoms with E-state index in [0.29, 0.717) is 49.8 Å². The molecule has 0 unspecified atom stereocenters. The van der Waals surface area contributed by atoms with E-state index >= 15 is 0 Å². The zero-order valence-corrected chi connectivity index (χ0v) is 19.1. The zero-order valence-electron chi connectivity index (χ0n) is 18.3. The fraction of sp³-hybridized carbons (Fsp3) is 0.435. The van der Waals surface area contributed by atoms with Gasteiger partial charge in [0.1, 0.15) is 11.5 Å². The number of piperidine rings is 1. The molecule has 31 heavy (non-hydrogen) atoms. The first kappa shape index (κ1) is 23.1. The van der Waals surface area contributed by atoms with Crippen molar-refractivity contribution in [2.24, 2.45) is 5.92 Å². The van der Waals surface area contributed by atoms with Gasteiger partial charge in [0.25, 0.3) is 0 Å². The maximum absolute atomic E-state index is 13.0. The molecular weight excluding hydrogens is 416 g/mol. The number of sulfonamides is 1. The van der Waals surface area contributed by atoms with E-state index in [-0.39, 0.29) is 17.3 Å². The Morgan fingerprint density at radius 2 is 1.81 bits per heavy atom. The van der Waals surface area contributed by atoms with Crippen molar-refractivity contribution in [1.82, 2.24) is 4.31 Å². The van der Waals surface area contributed by atoms with Gasteiger partial charge in [0.2, 0.25) is 15.9 Å². The van der Waals surface area contributed by atoms with Gasteiger partial charge in [-0.25, -0.2) is 8.42 Å². The molecule has 1 fully saturated rings. The Morgan fingerprint density at radius 1 is 1.10 bits per heavy atom. The highest BCUT2D eigenvalue weighted by atomic mass is 32.2. The summed E-state index contributed by atoms with van der Waals surface area (Å²) in [5, 5.41) is 2.92. The van der Waals surface area contributed by atoms with Crippen molar-refractivity contribution in [3.05, 3.63) is 48.0 Å². The van der Waals surface area contributed by atoms with E-state index < -0.39 is 15.9 Å². The lowest BCUT2D eigenvalue weighted by Gasteiger charge is -2.31. The molecule has 0 saturated carbocycles. The van der Waals surface area contributed by atoms with Crippen LogP contribution in [0.2, 0.25) is 0 Å². The van der Waals surface area contributed by atoms with Crippen LogP contribution in [-0.4, -0.2) is 44.9 Å². The number of nitrogens with one attached hydrogen (secondary N) is 1. The summed E-state index contributed by atoms with van der Waals surface area (Å²) in [5.41, 5.74) is 1.52. The largest absolute Gasteiger partial charge is 0.494 e. The molecule has 1 amide bonds. The van der Waals surface area contributed by atoms with Crippen molar-refractivity contribution in [3.8, 4) is 11.5 Å². The Morgan fingerprint density at radius 3 is 2.48 bits per heavy atom. The maximum atomic E-state index is 13.0. The average molecular weight is 447 g/mol. The number of benzene rings is 2. The van der Waals surface area contributed by atoms with E-state index in [1.165, 1.54) is 4.31 Å². The molecule has 2 aromatic carbocycles. The maximum Gasteiger partial charge on any atom is 0.243 e. The number of ether oxygens (including phenoxy) is 2. The Hall–Kier alpha value is -2.58. The second kappa shape index (κ2) is 10.2. The quantitative estimate of drug-likeness (QED) is 0.666. The predicted octanol–water partition coefficient (Wildman–Crippen LogP) is 3.83. The standard InChI is InChI=1S/C23H30N2O5S/c1-4-29-19-10-13-22(30-5-2)21(15-19)24-23(26)18-7-6-14-25(16-18)31(27,28)20-11-8-17(3)9-12-20/h8-13,15,18H,4-7,14,16H2,1-3H3,(H,24,26)/t18-/m0/s1. The molecule has 168 valence electrons. The van der Waals surface area contributed by atoms with E-state index in [1.54, 1.807) is 42.5 Å². The number of rotatable bonds is 8. The van der Waals surface area contributed by atoms with Crippen LogP contribution in [0.4, 0.5) is 5.69 Å². The number of aryl methyl sites for hydroxylation is 1. The molecule has 0 aliphatic carbocycles. The van der Waals surface area contributed by atoms with E-state index in [1.807, 2.05) is 20.8 Å². The third-order valence-corrected chi connectivity index (χ3v) is 7.11. The van der Waals surface area contributed by atoms with Crippen molar-refractivity contribution in [2.45, 2.75) is 38.5 Å². The molecule has 0 bridgehead atoms. The van der Waals surface area contributed by atoms with E-state index in [0.717, 1.165) is 5.56 Å². The molecule has 3 rings (SSSR count). The second-order valence-corrected chi connectivity index (χ2v) is 9.47. The Balaban J connectivity index is 1.75. The van der Waals surface area contributed by atoms with Crippen LogP contribution in [-0.2, 0) is 14.8 Å². The molecule has 0 aromatic heterocycles. The SMILES string of the molecule is CCOc1ccc(OCC)c(NC(=O)[C@H]2CCCN(S(=O)(=O)c3ccc(C)cc3)C2)c1. The summed E-state index contributed by atoms with van der Waals surface area (Å²) in [5.74, 6) is 0.519. The van der Waals surface area contributed by atoms with Gasteiger partial charge < -0.3 is 14.8 Å². The van der Waals surface area contributed by atoms with Crippen LogP contribution in [0.15, 0.2) is 47.4 Å². The summed E-state index contributed by atoms with van der Waals surface area (Å²) >= 11 is 0. The minimum absolute atomic E-state index is 0.150. The zero-order chi connectivity index (χ0) is 22.4. The normalized spacial score (nSPS) is 17.2. The first-order valence-corrected chi connectivity index (χ1v) is 12.1.